The molecule has 190 valence electrons. The van der Waals surface area contributed by atoms with Gasteiger partial charge in [0, 0.05) is 13.0 Å². The number of alkyl halides is 1. The Kier molecular flexibility index (Phi) is 6.31. The largest absolute Gasteiger partial charge is 0.465 e. The summed E-state index contributed by atoms with van der Waals surface area (Å²) in [5.41, 5.74) is 2.12. The number of ether oxygens (including phenoxy) is 4. The van der Waals surface area contributed by atoms with E-state index in [2.05, 4.69) is 25.1 Å². The maximum atomic E-state index is 14.4. The van der Waals surface area contributed by atoms with Gasteiger partial charge in [-0.3, -0.25) is 0 Å². The van der Waals surface area contributed by atoms with Crippen molar-refractivity contribution in [2.75, 3.05) is 13.2 Å². The van der Waals surface area contributed by atoms with Crippen molar-refractivity contribution in [3.8, 4) is 11.8 Å². The summed E-state index contributed by atoms with van der Waals surface area (Å²) in [7, 11) is 0. The highest BCUT2D eigenvalue weighted by Gasteiger charge is 2.60. The standard InChI is InChI=1S/C29H38FNO4/c1-28-11-12-29(18-31)22-10-8-20(34-26-6-2-3-13-32-26)15-19(22)7-9-23(29)24(28)16-21(17-28)35-27-25(30)5-4-14-33-27/h8,10,15,21,23-27H,2-7,9,11-14,16-17H2,1H3/t21-,23+,24+,25?,26?,27?,28-,29?/m1/s1. The molecule has 2 saturated heterocycles. The number of hydrogen-bond acceptors (Lipinski definition) is 5. The van der Waals surface area contributed by atoms with Crippen LogP contribution < -0.4 is 4.74 Å². The summed E-state index contributed by atoms with van der Waals surface area (Å²) < 4.78 is 38.1. The van der Waals surface area contributed by atoms with Crippen LogP contribution in [0.25, 0.3) is 0 Å². The van der Waals surface area contributed by atoms with Gasteiger partial charge >= 0.3 is 0 Å². The zero-order chi connectivity index (χ0) is 24.0. The van der Waals surface area contributed by atoms with Gasteiger partial charge in [0.2, 0.25) is 0 Å². The Morgan fingerprint density at radius 1 is 1.06 bits per heavy atom. The minimum atomic E-state index is -1.03. The van der Waals surface area contributed by atoms with Gasteiger partial charge in [-0.2, -0.15) is 5.26 Å². The zero-order valence-electron chi connectivity index (χ0n) is 20.8. The molecular formula is C29H38FNO4. The number of rotatable bonds is 4. The smallest absolute Gasteiger partial charge is 0.199 e. The van der Waals surface area contributed by atoms with E-state index in [-0.39, 0.29) is 17.8 Å². The summed E-state index contributed by atoms with van der Waals surface area (Å²) >= 11 is 0. The van der Waals surface area contributed by atoms with Crippen molar-refractivity contribution in [3.05, 3.63) is 29.3 Å². The van der Waals surface area contributed by atoms with Gasteiger partial charge in [0.15, 0.2) is 18.8 Å². The van der Waals surface area contributed by atoms with Crippen LogP contribution in [0.5, 0.6) is 5.75 Å². The van der Waals surface area contributed by atoms with Crippen LogP contribution in [0.4, 0.5) is 4.39 Å². The van der Waals surface area contributed by atoms with Crippen LogP contribution in [-0.4, -0.2) is 38.1 Å². The topological polar surface area (TPSA) is 60.7 Å². The maximum Gasteiger partial charge on any atom is 0.199 e. The van der Waals surface area contributed by atoms with E-state index in [0.717, 1.165) is 76.6 Å². The summed E-state index contributed by atoms with van der Waals surface area (Å²) in [5.74, 6) is 1.56. The minimum Gasteiger partial charge on any atom is -0.465 e. The Bertz CT molecular complexity index is 974. The summed E-state index contributed by atoms with van der Waals surface area (Å²) in [6.45, 7) is 3.71. The lowest BCUT2D eigenvalue weighted by Crippen LogP contribution is -2.50. The average Bonchev–Trinajstić information content (AvgIpc) is 3.21. The first-order valence-corrected chi connectivity index (χ1v) is 13.7. The van der Waals surface area contributed by atoms with Crippen LogP contribution in [0.2, 0.25) is 0 Å². The van der Waals surface area contributed by atoms with E-state index < -0.39 is 17.9 Å². The molecule has 5 nitrogen and oxygen atoms in total. The van der Waals surface area contributed by atoms with Crippen LogP contribution in [0.1, 0.15) is 82.3 Å². The van der Waals surface area contributed by atoms with E-state index in [1.807, 2.05) is 6.07 Å². The Balaban J connectivity index is 1.22. The van der Waals surface area contributed by atoms with Crippen LogP contribution in [0.3, 0.4) is 0 Å². The Morgan fingerprint density at radius 2 is 1.94 bits per heavy atom. The third-order valence-electron chi connectivity index (χ3n) is 9.73. The third-order valence-corrected chi connectivity index (χ3v) is 9.73. The van der Waals surface area contributed by atoms with Gasteiger partial charge in [-0.05, 0) is 105 Å². The molecule has 5 aliphatic rings. The molecule has 0 amide bonds. The molecule has 6 rings (SSSR count). The lowest BCUT2D eigenvalue weighted by molar-refractivity contribution is -0.218. The molecule has 0 aromatic heterocycles. The molecule has 2 heterocycles. The molecule has 35 heavy (non-hydrogen) atoms. The average molecular weight is 484 g/mol. The molecule has 0 spiro atoms. The predicted octanol–water partition coefficient (Wildman–Crippen LogP) is 5.99. The number of hydrogen-bond donors (Lipinski definition) is 0. The van der Waals surface area contributed by atoms with Gasteiger partial charge < -0.3 is 18.9 Å². The summed E-state index contributed by atoms with van der Waals surface area (Å²) in [6.07, 6.45) is 8.21. The number of aryl methyl sites for hydroxylation is 1. The molecule has 8 atom stereocenters. The SMILES string of the molecule is C[C@]12CCC3(C#N)c4ccc(OC5CCCCO5)cc4CC[C@H]3[C@@H]1C[C@@H](OC1OCCCC1F)C2. The Labute approximate surface area is 208 Å². The van der Waals surface area contributed by atoms with Crippen molar-refractivity contribution in [1.82, 2.24) is 0 Å². The maximum absolute atomic E-state index is 14.4. The molecule has 2 saturated carbocycles. The molecule has 2 aliphatic heterocycles. The van der Waals surface area contributed by atoms with E-state index in [4.69, 9.17) is 18.9 Å². The number of halogens is 1. The van der Waals surface area contributed by atoms with Crippen molar-refractivity contribution >= 4 is 0 Å². The highest BCUT2D eigenvalue weighted by molar-refractivity contribution is 5.47. The predicted molar refractivity (Wildman–Crippen MR) is 129 cm³/mol. The molecule has 1 aromatic carbocycles. The fourth-order valence-electron chi connectivity index (χ4n) is 7.94. The second-order valence-corrected chi connectivity index (χ2v) is 11.8. The normalized spacial score (nSPS) is 42.9. The zero-order valence-corrected chi connectivity index (χ0v) is 20.8. The summed E-state index contributed by atoms with van der Waals surface area (Å²) in [4.78, 5) is 0. The Hall–Kier alpha value is -1.68. The lowest BCUT2D eigenvalue weighted by Gasteiger charge is -2.53. The van der Waals surface area contributed by atoms with Crippen molar-refractivity contribution < 1.29 is 23.3 Å². The molecular weight excluding hydrogens is 445 g/mol. The van der Waals surface area contributed by atoms with Gasteiger partial charge in [-0.1, -0.05) is 13.0 Å². The molecule has 0 bridgehead atoms. The highest BCUT2D eigenvalue weighted by atomic mass is 19.1. The summed E-state index contributed by atoms with van der Waals surface area (Å²) in [5, 5.41) is 10.6. The quantitative estimate of drug-likeness (QED) is 0.527. The van der Waals surface area contributed by atoms with E-state index >= 15 is 0 Å². The van der Waals surface area contributed by atoms with Gasteiger partial charge in [-0.15, -0.1) is 0 Å². The molecule has 4 unspecified atom stereocenters. The number of fused-ring (bicyclic) bond motifs is 5. The highest BCUT2D eigenvalue weighted by Crippen LogP contribution is 2.63. The first kappa shape index (κ1) is 23.7. The number of nitriles is 1. The fourth-order valence-corrected chi connectivity index (χ4v) is 7.94. The Morgan fingerprint density at radius 3 is 2.74 bits per heavy atom. The van der Waals surface area contributed by atoms with Gasteiger partial charge in [0.1, 0.15) is 5.75 Å². The van der Waals surface area contributed by atoms with E-state index in [9.17, 15) is 9.65 Å². The molecule has 0 radical (unpaired) electrons. The lowest BCUT2D eigenvalue weighted by atomic mass is 9.49. The molecule has 1 aromatic rings. The summed E-state index contributed by atoms with van der Waals surface area (Å²) in [6, 6.07) is 9.16. The van der Waals surface area contributed by atoms with Crippen molar-refractivity contribution in [1.29, 1.82) is 5.26 Å². The van der Waals surface area contributed by atoms with E-state index in [0.29, 0.717) is 24.9 Å². The number of benzene rings is 1. The number of nitrogens with zero attached hydrogens (tertiary/aromatic N) is 1. The van der Waals surface area contributed by atoms with Gasteiger partial charge in [-0.25, -0.2) is 4.39 Å². The first-order chi connectivity index (χ1) is 17.0. The van der Waals surface area contributed by atoms with Crippen molar-refractivity contribution in [2.24, 2.45) is 17.3 Å². The van der Waals surface area contributed by atoms with E-state index in [1.165, 1.54) is 11.1 Å². The van der Waals surface area contributed by atoms with Crippen LogP contribution in [-0.2, 0) is 26.0 Å². The van der Waals surface area contributed by atoms with Gasteiger partial charge in [0.05, 0.1) is 24.2 Å². The second-order valence-electron chi connectivity index (χ2n) is 11.8. The first-order valence-electron chi connectivity index (χ1n) is 13.7. The van der Waals surface area contributed by atoms with Gasteiger partial charge in [0.25, 0.3) is 0 Å². The molecule has 3 aliphatic carbocycles. The minimum absolute atomic E-state index is 0.00788. The molecule has 6 heteroatoms. The van der Waals surface area contributed by atoms with Crippen LogP contribution in [0, 0.1) is 28.6 Å². The molecule has 4 fully saturated rings. The fraction of sp³-hybridized carbons (Fsp3) is 0.759. The van der Waals surface area contributed by atoms with E-state index in [1.54, 1.807) is 0 Å². The van der Waals surface area contributed by atoms with Crippen LogP contribution in [0.15, 0.2) is 18.2 Å². The third kappa shape index (κ3) is 4.18. The molecule has 0 N–H and O–H groups in total. The van der Waals surface area contributed by atoms with Crippen molar-refractivity contribution in [2.45, 2.75) is 108 Å². The van der Waals surface area contributed by atoms with Crippen LogP contribution >= 0.6 is 0 Å². The van der Waals surface area contributed by atoms with Crippen molar-refractivity contribution in [3.63, 3.8) is 0 Å². The second kappa shape index (κ2) is 9.32. The monoisotopic (exact) mass is 483 g/mol.